The van der Waals surface area contributed by atoms with Crippen LogP contribution in [0.15, 0.2) is 51.7 Å². The number of thiophene rings is 1. The number of hydrogen-bond acceptors (Lipinski definition) is 5. The number of likely N-dealkylation sites (tertiary alicyclic amines) is 1. The third-order valence-electron chi connectivity index (χ3n) is 5.63. The van der Waals surface area contributed by atoms with Crippen LogP contribution in [0.1, 0.15) is 36.2 Å². The van der Waals surface area contributed by atoms with E-state index in [9.17, 15) is 8.42 Å². The van der Waals surface area contributed by atoms with Crippen LogP contribution in [0, 0.1) is 5.92 Å². The second kappa shape index (κ2) is 10.4. The highest BCUT2D eigenvalue weighted by atomic mass is 32.2. The van der Waals surface area contributed by atoms with Gasteiger partial charge >= 0.3 is 0 Å². The van der Waals surface area contributed by atoms with E-state index < -0.39 is 9.84 Å². The third kappa shape index (κ3) is 6.30. The van der Waals surface area contributed by atoms with Crippen LogP contribution in [0.2, 0.25) is 0 Å². The Kier molecular flexibility index (Phi) is 7.91. The third-order valence-corrected chi connectivity index (χ3v) is 7.73. The molecule has 2 heterocycles. The van der Waals surface area contributed by atoms with E-state index in [-0.39, 0.29) is 0 Å². The standard InChI is InChI=1S/C22H32N4O2S2/c1-17-10-12-26(13-11-17)20(21-5-4-14-29-21)16-25-22(23-2)24-15-18-6-8-19(9-7-18)30(3,27)28/h4-9,14,17,20H,10-13,15-16H2,1-3H3,(H2,23,24,25). The summed E-state index contributed by atoms with van der Waals surface area (Å²) in [4.78, 5) is 8.65. The van der Waals surface area contributed by atoms with Crippen LogP contribution >= 0.6 is 11.3 Å². The molecule has 0 radical (unpaired) electrons. The normalized spacial score (nSPS) is 17.6. The van der Waals surface area contributed by atoms with Crippen LogP contribution in [0.25, 0.3) is 0 Å². The first-order valence-corrected chi connectivity index (χ1v) is 13.1. The van der Waals surface area contributed by atoms with Crippen LogP contribution in [-0.2, 0) is 16.4 Å². The molecule has 1 fully saturated rings. The van der Waals surface area contributed by atoms with Crippen molar-refractivity contribution in [3.8, 4) is 0 Å². The fourth-order valence-electron chi connectivity index (χ4n) is 3.68. The summed E-state index contributed by atoms with van der Waals surface area (Å²) in [6.07, 6.45) is 3.72. The van der Waals surface area contributed by atoms with E-state index in [1.807, 2.05) is 23.5 Å². The molecule has 1 saturated heterocycles. The van der Waals surface area contributed by atoms with Gasteiger partial charge in [0.25, 0.3) is 0 Å². The summed E-state index contributed by atoms with van der Waals surface area (Å²) in [7, 11) is -1.40. The smallest absolute Gasteiger partial charge is 0.191 e. The molecule has 164 valence electrons. The van der Waals surface area contributed by atoms with E-state index in [2.05, 4.69) is 45.0 Å². The molecule has 2 N–H and O–H groups in total. The van der Waals surface area contributed by atoms with Gasteiger partial charge in [-0.25, -0.2) is 8.42 Å². The van der Waals surface area contributed by atoms with Gasteiger partial charge in [-0.05, 0) is 61.0 Å². The highest BCUT2D eigenvalue weighted by molar-refractivity contribution is 7.90. The number of rotatable bonds is 7. The molecule has 1 atom stereocenters. The predicted octanol–water partition coefficient (Wildman–Crippen LogP) is 3.29. The summed E-state index contributed by atoms with van der Waals surface area (Å²) < 4.78 is 23.2. The van der Waals surface area contributed by atoms with Gasteiger partial charge in [0, 0.05) is 31.3 Å². The molecular weight excluding hydrogens is 416 g/mol. The highest BCUT2D eigenvalue weighted by Gasteiger charge is 2.25. The molecule has 0 spiro atoms. The maximum absolute atomic E-state index is 11.6. The van der Waals surface area contributed by atoms with Crippen LogP contribution in [0.5, 0.6) is 0 Å². The molecule has 3 rings (SSSR count). The van der Waals surface area contributed by atoms with Crippen molar-refractivity contribution in [3.05, 3.63) is 52.2 Å². The molecule has 6 nitrogen and oxygen atoms in total. The fourth-order valence-corrected chi connectivity index (χ4v) is 5.18. The Morgan fingerprint density at radius 1 is 1.20 bits per heavy atom. The Morgan fingerprint density at radius 2 is 1.90 bits per heavy atom. The van der Waals surface area contributed by atoms with Crippen molar-refractivity contribution >= 4 is 27.1 Å². The maximum Gasteiger partial charge on any atom is 0.191 e. The largest absolute Gasteiger partial charge is 0.354 e. The fraction of sp³-hybridized carbons (Fsp3) is 0.500. The zero-order chi connectivity index (χ0) is 21.6. The molecule has 2 aromatic rings. The molecule has 0 amide bonds. The van der Waals surface area contributed by atoms with Gasteiger partial charge in [0.15, 0.2) is 15.8 Å². The Balaban J connectivity index is 1.57. The average Bonchev–Trinajstić information content (AvgIpc) is 3.26. The number of sulfone groups is 1. The number of benzene rings is 1. The quantitative estimate of drug-likeness (QED) is 0.502. The summed E-state index contributed by atoms with van der Waals surface area (Å²) in [6.45, 7) is 5.97. The minimum atomic E-state index is -3.17. The SMILES string of the molecule is CN=C(NCc1ccc(S(C)(=O)=O)cc1)NCC(c1cccs1)N1CCC(C)CC1. The van der Waals surface area contributed by atoms with Crippen LogP contribution < -0.4 is 10.6 Å². The van der Waals surface area contributed by atoms with Crippen LogP contribution in [0.4, 0.5) is 0 Å². The zero-order valence-corrected chi connectivity index (χ0v) is 19.6. The van der Waals surface area contributed by atoms with Crippen molar-refractivity contribution in [3.63, 3.8) is 0 Å². The Labute approximate surface area is 184 Å². The first-order chi connectivity index (χ1) is 14.4. The van der Waals surface area contributed by atoms with Crippen molar-refractivity contribution in [2.75, 3.05) is 32.9 Å². The monoisotopic (exact) mass is 448 g/mol. The molecular formula is C22H32N4O2S2. The lowest BCUT2D eigenvalue weighted by atomic mass is 9.97. The van der Waals surface area contributed by atoms with E-state index >= 15 is 0 Å². The maximum atomic E-state index is 11.6. The van der Waals surface area contributed by atoms with Crippen molar-refractivity contribution in [1.29, 1.82) is 0 Å². The second-order valence-corrected chi connectivity index (χ2v) is 11.0. The molecule has 1 aromatic heterocycles. The summed E-state index contributed by atoms with van der Waals surface area (Å²) >= 11 is 1.81. The number of hydrogen-bond donors (Lipinski definition) is 2. The first-order valence-electron chi connectivity index (χ1n) is 10.4. The van der Waals surface area contributed by atoms with Gasteiger partial charge in [-0.3, -0.25) is 9.89 Å². The number of guanidine groups is 1. The lowest BCUT2D eigenvalue weighted by Crippen LogP contribution is -2.44. The minimum Gasteiger partial charge on any atom is -0.354 e. The summed E-state index contributed by atoms with van der Waals surface area (Å²) in [6, 6.07) is 11.6. The molecule has 0 bridgehead atoms. The average molecular weight is 449 g/mol. The number of nitrogens with one attached hydrogen (secondary N) is 2. The van der Waals surface area contributed by atoms with Crippen molar-refractivity contribution in [2.24, 2.45) is 10.9 Å². The summed E-state index contributed by atoms with van der Waals surface area (Å²) in [5.41, 5.74) is 1.00. The predicted molar refractivity (Wildman–Crippen MR) is 125 cm³/mol. The van der Waals surface area contributed by atoms with Crippen molar-refractivity contribution < 1.29 is 8.42 Å². The lowest BCUT2D eigenvalue weighted by Gasteiger charge is -2.36. The number of nitrogens with zero attached hydrogens (tertiary/aromatic N) is 2. The van der Waals surface area contributed by atoms with Gasteiger partial charge in [0.05, 0.1) is 10.9 Å². The molecule has 1 unspecified atom stereocenters. The van der Waals surface area contributed by atoms with Crippen LogP contribution in [-0.4, -0.2) is 52.2 Å². The number of piperidine rings is 1. The summed E-state index contributed by atoms with van der Waals surface area (Å²) in [5.74, 6) is 1.55. The molecule has 30 heavy (non-hydrogen) atoms. The van der Waals surface area contributed by atoms with Gasteiger partial charge in [0.1, 0.15) is 0 Å². The van der Waals surface area contributed by atoms with Gasteiger partial charge in [-0.2, -0.15) is 0 Å². The molecule has 1 aromatic carbocycles. The first kappa shape index (κ1) is 22.8. The topological polar surface area (TPSA) is 73.8 Å². The minimum absolute atomic E-state index is 0.336. The Morgan fingerprint density at radius 3 is 2.47 bits per heavy atom. The molecule has 1 aliphatic rings. The van der Waals surface area contributed by atoms with E-state index in [0.717, 1.165) is 37.1 Å². The number of aliphatic imine (C=N–C) groups is 1. The second-order valence-electron chi connectivity index (χ2n) is 7.97. The van der Waals surface area contributed by atoms with Gasteiger partial charge < -0.3 is 10.6 Å². The lowest BCUT2D eigenvalue weighted by molar-refractivity contribution is 0.140. The molecule has 8 heteroatoms. The zero-order valence-electron chi connectivity index (χ0n) is 18.0. The van der Waals surface area contributed by atoms with Crippen molar-refractivity contribution in [2.45, 2.75) is 37.2 Å². The van der Waals surface area contributed by atoms with Gasteiger partial charge in [-0.15, -0.1) is 11.3 Å². The summed E-state index contributed by atoms with van der Waals surface area (Å²) in [5, 5.41) is 8.95. The van der Waals surface area contributed by atoms with Gasteiger partial charge in [-0.1, -0.05) is 25.1 Å². The molecule has 0 aliphatic carbocycles. The van der Waals surface area contributed by atoms with Crippen LogP contribution in [0.3, 0.4) is 0 Å². The Bertz CT molecular complexity index is 917. The molecule has 1 aliphatic heterocycles. The molecule has 0 saturated carbocycles. The Hall–Kier alpha value is -1.90. The van der Waals surface area contributed by atoms with E-state index in [1.165, 1.54) is 24.0 Å². The van der Waals surface area contributed by atoms with Crippen molar-refractivity contribution in [1.82, 2.24) is 15.5 Å². The van der Waals surface area contributed by atoms with E-state index in [4.69, 9.17) is 0 Å². The van der Waals surface area contributed by atoms with E-state index in [0.29, 0.717) is 17.5 Å². The van der Waals surface area contributed by atoms with E-state index in [1.54, 1.807) is 19.2 Å². The highest BCUT2D eigenvalue weighted by Crippen LogP contribution is 2.29. The van der Waals surface area contributed by atoms with Gasteiger partial charge in [0.2, 0.25) is 0 Å².